The van der Waals surface area contributed by atoms with Gasteiger partial charge in [-0.2, -0.15) is 10.2 Å². The second kappa shape index (κ2) is 7.26. The molecule has 1 amide bonds. The number of aliphatic carboxylic acids is 1. The van der Waals surface area contributed by atoms with Crippen LogP contribution in [-0.4, -0.2) is 41.5 Å². The van der Waals surface area contributed by atoms with Crippen molar-refractivity contribution < 1.29 is 14.7 Å². The molecule has 25 heavy (non-hydrogen) atoms. The fourth-order valence-corrected chi connectivity index (χ4v) is 2.83. The van der Waals surface area contributed by atoms with Crippen molar-refractivity contribution in [3.8, 4) is 11.3 Å². The Kier molecular flexibility index (Phi) is 4.89. The first-order valence-electron chi connectivity index (χ1n) is 7.59. The Labute approximate surface area is 146 Å². The van der Waals surface area contributed by atoms with Crippen LogP contribution in [-0.2, 0) is 17.9 Å². The van der Waals surface area contributed by atoms with Gasteiger partial charge in [0, 0.05) is 29.9 Å². The van der Waals surface area contributed by atoms with Gasteiger partial charge in [-0.25, -0.2) is 4.98 Å². The normalized spacial score (nSPS) is 10.8. The first-order valence-corrected chi connectivity index (χ1v) is 8.47. The quantitative estimate of drug-likeness (QED) is 0.665. The van der Waals surface area contributed by atoms with Crippen LogP contribution in [0, 0.1) is 0 Å². The standard InChI is InChI=1S/C15H16N6O3S/c1-2-20-7-10(5-16-20)12-9-25-15(18-12)19-14(24)11-6-17-21(8-11)4-3-13(22)23/h5-9H,2-4H2,1H3,(H,22,23)(H,18,19,24). The first-order chi connectivity index (χ1) is 12.0. The van der Waals surface area contributed by atoms with Crippen molar-refractivity contribution in [3.05, 3.63) is 35.7 Å². The van der Waals surface area contributed by atoms with Gasteiger partial charge in [-0.3, -0.25) is 24.3 Å². The Hall–Kier alpha value is -3.01. The number of aryl methyl sites for hydroxylation is 2. The summed E-state index contributed by atoms with van der Waals surface area (Å²) < 4.78 is 3.23. The van der Waals surface area contributed by atoms with Crippen molar-refractivity contribution in [3.63, 3.8) is 0 Å². The van der Waals surface area contributed by atoms with Gasteiger partial charge in [0.25, 0.3) is 5.91 Å². The lowest BCUT2D eigenvalue weighted by Crippen LogP contribution is -2.11. The van der Waals surface area contributed by atoms with E-state index in [1.54, 1.807) is 10.9 Å². The molecule has 130 valence electrons. The van der Waals surface area contributed by atoms with E-state index in [2.05, 4.69) is 20.5 Å². The molecule has 0 aliphatic carbocycles. The lowest BCUT2D eigenvalue weighted by atomic mass is 10.3. The average Bonchev–Trinajstić information content (AvgIpc) is 3.32. The first kappa shape index (κ1) is 16.8. The number of amides is 1. The highest BCUT2D eigenvalue weighted by molar-refractivity contribution is 7.14. The van der Waals surface area contributed by atoms with E-state index >= 15 is 0 Å². The summed E-state index contributed by atoms with van der Waals surface area (Å²) >= 11 is 1.32. The number of thiazole rings is 1. The molecule has 3 aromatic heterocycles. The molecule has 0 spiro atoms. The fourth-order valence-electron chi connectivity index (χ4n) is 2.12. The molecule has 0 bridgehead atoms. The third-order valence-corrected chi connectivity index (χ3v) is 4.19. The van der Waals surface area contributed by atoms with E-state index in [0.29, 0.717) is 10.7 Å². The third kappa shape index (κ3) is 4.10. The summed E-state index contributed by atoms with van der Waals surface area (Å²) in [6.07, 6.45) is 6.49. The van der Waals surface area contributed by atoms with Crippen molar-refractivity contribution in [1.29, 1.82) is 0 Å². The van der Waals surface area contributed by atoms with E-state index in [4.69, 9.17) is 5.11 Å². The van der Waals surface area contributed by atoms with Crippen LogP contribution in [0.25, 0.3) is 11.3 Å². The predicted octanol–water partition coefficient (Wildman–Crippen LogP) is 1.95. The Bertz CT molecular complexity index is 897. The lowest BCUT2D eigenvalue weighted by Gasteiger charge is -1.98. The van der Waals surface area contributed by atoms with Gasteiger partial charge < -0.3 is 5.11 Å². The summed E-state index contributed by atoms with van der Waals surface area (Å²) in [6.45, 7) is 2.99. The zero-order chi connectivity index (χ0) is 17.8. The molecule has 3 heterocycles. The second-order valence-electron chi connectivity index (χ2n) is 5.21. The number of carboxylic acid groups (broad SMARTS) is 1. The molecule has 0 aliphatic heterocycles. The van der Waals surface area contributed by atoms with Crippen LogP contribution in [0.2, 0.25) is 0 Å². The molecule has 0 saturated carbocycles. The number of rotatable bonds is 7. The number of carbonyl (C=O) groups excluding carboxylic acids is 1. The molecule has 0 radical (unpaired) electrons. The van der Waals surface area contributed by atoms with Crippen LogP contribution in [0.5, 0.6) is 0 Å². The summed E-state index contributed by atoms with van der Waals surface area (Å²) in [4.78, 5) is 27.2. The Morgan fingerprint density at radius 3 is 2.76 bits per heavy atom. The Morgan fingerprint density at radius 1 is 1.24 bits per heavy atom. The van der Waals surface area contributed by atoms with Crippen LogP contribution in [0.4, 0.5) is 5.13 Å². The molecule has 0 aromatic carbocycles. The summed E-state index contributed by atoms with van der Waals surface area (Å²) in [7, 11) is 0. The number of carbonyl (C=O) groups is 2. The van der Waals surface area contributed by atoms with E-state index < -0.39 is 5.97 Å². The van der Waals surface area contributed by atoms with Crippen LogP contribution < -0.4 is 5.32 Å². The second-order valence-corrected chi connectivity index (χ2v) is 6.07. The minimum atomic E-state index is -0.914. The summed E-state index contributed by atoms with van der Waals surface area (Å²) in [5.74, 6) is -1.25. The third-order valence-electron chi connectivity index (χ3n) is 3.43. The smallest absolute Gasteiger partial charge is 0.305 e. The highest BCUT2D eigenvalue weighted by Gasteiger charge is 2.13. The van der Waals surface area contributed by atoms with Gasteiger partial charge in [0.1, 0.15) is 0 Å². The van der Waals surface area contributed by atoms with E-state index in [9.17, 15) is 9.59 Å². The summed E-state index contributed by atoms with van der Waals surface area (Å²) in [5, 5.41) is 21.9. The number of carboxylic acids is 1. The Balaban J connectivity index is 1.64. The number of hydrogen-bond acceptors (Lipinski definition) is 6. The zero-order valence-corrected chi connectivity index (χ0v) is 14.2. The molecular formula is C15H16N6O3S. The average molecular weight is 360 g/mol. The van der Waals surface area contributed by atoms with Crippen LogP contribution >= 0.6 is 11.3 Å². The zero-order valence-electron chi connectivity index (χ0n) is 13.4. The molecule has 0 fully saturated rings. The topological polar surface area (TPSA) is 115 Å². The minimum Gasteiger partial charge on any atom is -0.481 e. The minimum absolute atomic E-state index is 0.0516. The van der Waals surface area contributed by atoms with Gasteiger partial charge in [-0.1, -0.05) is 0 Å². The molecule has 0 aliphatic rings. The van der Waals surface area contributed by atoms with Crippen molar-refractivity contribution >= 4 is 28.3 Å². The van der Waals surface area contributed by atoms with Gasteiger partial charge in [-0.15, -0.1) is 11.3 Å². The predicted molar refractivity (Wildman–Crippen MR) is 91.4 cm³/mol. The molecule has 0 unspecified atom stereocenters. The Morgan fingerprint density at radius 2 is 2.04 bits per heavy atom. The highest BCUT2D eigenvalue weighted by atomic mass is 32.1. The van der Waals surface area contributed by atoms with Gasteiger partial charge in [-0.05, 0) is 6.92 Å². The summed E-state index contributed by atoms with van der Waals surface area (Å²) in [6, 6.07) is 0. The van der Waals surface area contributed by atoms with Crippen LogP contribution in [0.1, 0.15) is 23.7 Å². The maximum absolute atomic E-state index is 12.2. The van der Waals surface area contributed by atoms with Gasteiger partial charge in [0.15, 0.2) is 5.13 Å². The number of anilines is 1. The van der Waals surface area contributed by atoms with Gasteiger partial charge >= 0.3 is 5.97 Å². The molecule has 3 rings (SSSR count). The van der Waals surface area contributed by atoms with E-state index in [1.165, 1.54) is 28.4 Å². The molecular weight excluding hydrogens is 344 g/mol. The fraction of sp³-hybridized carbons (Fsp3) is 0.267. The largest absolute Gasteiger partial charge is 0.481 e. The monoisotopic (exact) mass is 360 g/mol. The highest BCUT2D eigenvalue weighted by Crippen LogP contribution is 2.24. The van der Waals surface area contributed by atoms with Crippen LogP contribution in [0.15, 0.2) is 30.2 Å². The summed E-state index contributed by atoms with van der Waals surface area (Å²) in [5.41, 5.74) is 1.98. The number of nitrogens with one attached hydrogen (secondary N) is 1. The van der Waals surface area contributed by atoms with Crippen molar-refractivity contribution in [1.82, 2.24) is 24.5 Å². The molecule has 3 aromatic rings. The SMILES string of the molecule is CCn1cc(-c2csc(NC(=O)c3cnn(CCC(=O)O)c3)n2)cn1. The van der Waals surface area contributed by atoms with E-state index in [-0.39, 0.29) is 18.9 Å². The van der Waals surface area contributed by atoms with E-state index in [1.807, 2.05) is 18.5 Å². The molecule has 10 heteroatoms. The van der Waals surface area contributed by atoms with Gasteiger partial charge in [0.05, 0.1) is 36.6 Å². The maximum atomic E-state index is 12.2. The van der Waals surface area contributed by atoms with Crippen molar-refractivity contribution in [2.45, 2.75) is 26.4 Å². The number of aromatic nitrogens is 5. The molecule has 9 nitrogen and oxygen atoms in total. The number of hydrogen-bond donors (Lipinski definition) is 2. The molecule has 0 saturated heterocycles. The van der Waals surface area contributed by atoms with Crippen LogP contribution in [0.3, 0.4) is 0 Å². The van der Waals surface area contributed by atoms with Crippen molar-refractivity contribution in [2.75, 3.05) is 5.32 Å². The lowest BCUT2D eigenvalue weighted by molar-refractivity contribution is -0.137. The number of nitrogens with zero attached hydrogens (tertiary/aromatic N) is 5. The molecule has 0 atom stereocenters. The van der Waals surface area contributed by atoms with Gasteiger partial charge in [0.2, 0.25) is 0 Å². The van der Waals surface area contributed by atoms with E-state index in [0.717, 1.165) is 17.8 Å². The molecule has 2 N–H and O–H groups in total. The van der Waals surface area contributed by atoms with Crippen molar-refractivity contribution in [2.24, 2.45) is 0 Å². The maximum Gasteiger partial charge on any atom is 0.305 e.